The molecule has 5 heteroatoms. The number of hydrogen-bond donors (Lipinski definition) is 2. The summed E-state index contributed by atoms with van der Waals surface area (Å²) in [6.45, 7) is 4.19. The maximum absolute atomic E-state index is 11.8. The molecule has 2 rings (SSSR count). The van der Waals surface area contributed by atoms with Crippen LogP contribution in [-0.2, 0) is 4.79 Å². The van der Waals surface area contributed by atoms with Crippen molar-refractivity contribution in [1.82, 2.24) is 5.43 Å². The maximum atomic E-state index is 11.8. The molecule has 0 saturated heterocycles. The zero-order valence-electron chi connectivity index (χ0n) is 13.6. The molecule has 2 N–H and O–H groups in total. The molecule has 120 valence electrons. The Labute approximate surface area is 136 Å². The van der Waals surface area contributed by atoms with Gasteiger partial charge in [-0.3, -0.25) is 4.79 Å². The number of hydrogen-bond acceptors (Lipinski definition) is 4. The summed E-state index contributed by atoms with van der Waals surface area (Å²) >= 11 is 0. The Kier molecular flexibility index (Phi) is 5.74. The molecule has 0 aliphatic rings. The van der Waals surface area contributed by atoms with Gasteiger partial charge in [-0.1, -0.05) is 29.8 Å². The van der Waals surface area contributed by atoms with E-state index in [1.54, 1.807) is 13.3 Å². The van der Waals surface area contributed by atoms with Crippen LogP contribution in [0.1, 0.15) is 16.7 Å². The van der Waals surface area contributed by atoms with Crippen molar-refractivity contribution in [3.8, 4) is 5.75 Å². The summed E-state index contributed by atoms with van der Waals surface area (Å²) < 4.78 is 5.13. The fourth-order valence-corrected chi connectivity index (χ4v) is 2.10. The van der Waals surface area contributed by atoms with Crippen LogP contribution < -0.4 is 15.5 Å². The van der Waals surface area contributed by atoms with Crippen LogP contribution in [0.2, 0.25) is 0 Å². The average Bonchev–Trinajstić information content (AvgIpc) is 2.55. The highest BCUT2D eigenvalue weighted by Gasteiger charge is 2.01. The van der Waals surface area contributed by atoms with Crippen molar-refractivity contribution in [1.29, 1.82) is 0 Å². The van der Waals surface area contributed by atoms with Crippen LogP contribution in [0.25, 0.3) is 0 Å². The lowest BCUT2D eigenvalue weighted by Crippen LogP contribution is -2.25. The van der Waals surface area contributed by atoms with Crippen molar-refractivity contribution in [3.05, 3.63) is 59.2 Å². The summed E-state index contributed by atoms with van der Waals surface area (Å²) in [5.41, 5.74) is 6.63. The third kappa shape index (κ3) is 5.14. The molecule has 0 radical (unpaired) electrons. The summed E-state index contributed by atoms with van der Waals surface area (Å²) in [6, 6.07) is 13.5. The number of benzene rings is 2. The minimum absolute atomic E-state index is 0.136. The number of rotatable bonds is 6. The fourth-order valence-electron chi connectivity index (χ4n) is 2.10. The van der Waals surface area contributed by atoms with Crippen LogP contribution in [0.3, 0.4) is 0 Å². The smallest absolute Gasteiger partial charge is 0.259 e. The number of nitrogens with zero attached hydrogens (tertiary/aromatic N) is 1. The molecule has 0 aliphatic heterocycles. The SMILES string of the molecule is COc1cccc(NCC(=O)N/N=C\c2ccc(C)cc2C)c1. The van der Waals surface area contributed by atoms with Crippen molar-refractivity contribution in [3.63, 3.8) is 0 Å². The molecule has 0 atom stereocenters. The summed E-state index contributed by atoms with van der Waals surface area (Å²) in [5.74, 6) is 0.525. The van der Waals surface area contributed by atoms with Crippen LogP contribution in [0.4, 0.5) is 5.69 Å². The van der Waals surface area contributed by atoms with E-state index in [2.05, 4.69) is 21.9 Å². The highest BCUT2D eigenvalue weighted by Crippen LogP contribution is 2.16. The molecule has 0 heterocycles. The van der Waals surface area contributed by atoms with Crippen molar-refractivity contribution >= 4 is 17.8 Å². The molecule has 0 fully saturated rings. The molecule has 2 aromatic rings. The summed E-state index contributed by atoms with van der Waals surface area (Å²) in [7, 11) is 1.60. The number of carbonyl (C=O) groups excluding carboxylic acids is 1. The minimum atomic E-state index is -0.214. The minimum Gasteiger partial charge on any atom is -0.497 e. The Bertz CT molecular complexity index is 711. The lowest BCUT2D eigenvalue weighted by molar-refractivity contribution is -0.119. The highest BCUT2D eigenvalue weighted by atomic mass is 16.5. The van der Waals surface area contributed by atoms with E-state index in [1.807, 2.05) is 50.2 Å². The normalized spacial score (nSPS) is 10.6. The highest BCUT2D eigenvalue weighted by molar-refractivity contribution is 5.85. The van der Waals surface area contributed by atoms with Crippen molar-refractivity contribution in [2.45, 2.75) is 13.8 Å². The molecule has 0 spiro atoms. The van der Waals surface area contributed by atoms with Gasteiger partial charge < -0.3 is 10.1 Å². The number of carbonyl (C=O) groups is 1. The molecule has 5 nitrogen and oxygen atoms in total. The Morgan fingerprint density at radius 1 is 1.22 bits per heavy atom. The van der Waals surface area contributed by atoms with E-state index in [1.165, 1.54) is 5.56 Å². The van der Waals surface area contributed by atoms with E-state index >= 15 is 0 Å². The largest absolute Gasteiger partial charge is 0.497 e. The lowest BCUT2D eigenvalue weighted by Gasteiger charge is -2.07. The first-order valence-electron chi connectivity index (χ1n) is 7.35. The van der Waals surface area contributed by atoms with Crippen LogP contribution in [0.5, 0.6) is 5.75 Å². The molecular weight excluding hydrogens is 290 g/mol. The van der Waals surface area contributed by atoms with E-state index in [-0.39, 0.29) is 12.5 Å². The van der Waals surface area contributed by atoms with Crippen molar-refractivity contribution in [2.24, 2.45) is 5.10 Å². The van der Waals surface area contributed by atoms with E-state index in [9.17, 15) is 4.79 Å². The molecule has 0 aromatic heterocycles. The third-order valence-corrected chi connectivity index (χ3v) is 3.34. The first-order valence-corrected chi connectivity index (χ1v) is 7.35. The second-order valence-corrected chi connectivity index (χ2v) is 5.24. The number of hydrazone groups is 1. The Hall–Kier alpha value is -2.82. The molecule has 1 amide bonds. The molecule has 0 bridgehead atoms. The quantitative estimate of drug-likeness (QED) is 0.637. The van der Waals surface area contributed by atoms with Crippen molar-refractivity contribution < 1.29 is 9.53 Å². The standard InChI is InChI=1S/C18H21N3O2/c1-13-7-8-15(14(2)9-13)11-20-21-18(22)12-19-16-5-4-6-17(10-16)23-3/h4-11,19H,12H2,1-3H3,(H,21,22)/b20-11-. The predicted molar refractivity (Wildman–Crippen MR) is 93.1 cm³/mol. The summed E-state index contributed by atoms with van der Waals surface area (Å²) in [6.07, 6.45) is 1.65. The second-order valence-electron chi connectivity index (χ2n) is 5.24. The van der Waals surface area contributed by atoms with Gasteiger partial charge in [0.2, 0.25) is 0 Å². The number of aryl methyl sites for hydroxylation is 2. The van der Waals surface area contributed by atoms with Gasteiger partial charge in [0, 0.05) is 11.8 Å². The predicted octanol–water partition coefficient (Wildman–Crippen LogP) is 2.87. The number of amides is 1. The first kappa shape index (κ1) is 16.5. The maximum Gasteiger partial charge on any atom is 0.259 e. The molecule has 0 unspecified atom stereocenters. The van der Waals surface area contributed by atoms with Crippen LogP contribution in [0, 0.1) is 13.8 Å². The van der Waals surface area contributed by atoms with E-state index in [0.29, 0.717) is 0 Å². The lowest BCUT2D eigenvalue weighted by atomic mass is 10.1. The molecule has 23 heavy (non-hydrogen) atoms. The molecule has 0 aliphatic carbocycles. The van der Waals surface area contributed by atoms with E-state index in [0.717, 1.165) is 22.6 Å². The van der Waals surface area contributed by atoms with Crippen LogP contribution in [-0.4, -0.2) is 25.8 Å². The van der Waals surface area contributed by atoms with Crippen LogP contribution in [0.15, 0.2) is 47.6 Å². The van der Waals surface area contributed by atoms with E-state index < -0.39 is 0 Å². The summed E-state index contributed by atoms with van der Waals surface area (Å²) in [4.78, 5) is 11.8. The fraction of sp³-hybridized carbons (Fsp3) is 0.222. The Morgan fingerprint density at radius 3 is 2.78 bits per heavy atom. The Balaban J connectivity index is 1.83. The van der Waals surface area contributed by atoms with Gasteiger partial charge in [-0.15, -0.1) is 0 Å². The zero-order chi connectivity index (χ0) is 16.7. The van der Waals surface area contributed by atoms with Gasteiger partial charge >= 0.3 is 0 Å². The van der Waals surface area contributed by atoms with Gasteiger partial charge in [0.1, 0.15) is 5.75 Å². The summed E-state index contributed by atoms with van der Waals surface area (Å²) in [5, 5.41) is 7.01. The molecule has 0 saturated carbocycles. The first-order chi connectivity index (χ1) is 11.1. The van der Waals surface area contributed by atoms with Crippen LogP contribution >= 0.6 is 0 Å². The van der Waals surface area contributed by atoms with Gasteiger partial charge in [-0.2, -0.15) is 5.10 Å². The zero-order valence-corrected chi connectivity index (χ0v) is 13.6. The third-order valence-electron chi connectivity index (χ3n) is 3.34. The number of ether oxygens (including phenoxy) is 1. The number of methoxy groups -OCH3 is 1. The monoisotopic (exact) mass is 311 g/mol. The van der Waals surface area contributed by atoms with Gasteiger partial charge in [0.15, 0.2) is 0 Å². The Morgan fingerprint density at radius 2 is 2.04 bits per heavy atom. The molecular formula is C18H21N3O2. The van der Waals surface area contributed by atoms with E-state index in [4.69, 9.17) is 4.74 Å². The van der Waals surface area contributed by atoms with Gasteiger partial charge in [0.25, 0.3) is 5.91 Å². The topological polar surface area (TPSA) is 62.7 Å². The molecule has 2 aromatic carbocycles. The van der Waals surface area contributed by atoms with Gasteiger partial charge in [-0.05, 0) is 37.1 Å². The van der Waals surface area contributed by atoms with Gasteiger partial charge in [0.05, 0.1) is 19.9 Å². The van der Waals surface area contributed by atoms with Gasteiger partial charge in [-0.25, -0.2) is 5.43 Å². The number of nitrogens with one attached hydrogen (secondary N) is 2. The number of anilines is 1. The average molecular weight is 311 g/mol. The second kappa shape index (κ2) is 7.98. The van der Waals surface area contributed by atoms with Crippen molar-refractivity contribution in [2.75, 3.05) is 19.0 Å².